The van der Waals surface area contributed by atoms with Crippen LogP contribution in [0.3, 0.4) is 0 Å². The zero-order valence-electron chi connectivity index (χ0n) is 10.1. The number of carboxylic acid groups (broad SMARTS) is 1. The number of sulfonamides is 1. The normalized spacial score (nSPS) is 13.2. The lowest BCUT2D eigenvalue weighted by molar-refractivity contribution is -0.139. The molecule has 1 aromatic carbocycles. The van der Waals surface area contributed by atoms with Crippen molar-refractivity contribution in [1.82, 2.24) is 4.72 Å². The van der Waals surface area contributed by atoms with Crippen LogP contribution in [0.1, 0.15) is 19.8 Å². The van der Waals surface area contributed by atoms with Gasteiger partial charge in [-0.15, -0.1) is 0 Å². The minimum atomic E-state index is -4.22. The maximum absolute atomic E-state index is 13.7. The summed E-state index contributed by atoms with van der Waals surface area (Å²) in [6.07, 6.45) is 0.616. The number of nitrogens with one attached hydrogen (secondary N) is 1. The quantitative estimate of drug-likeness (QED) is 0.820. The Morgan fingerprint density at radius 2 is 2.16 bits per heavy atom. The first-order chi connectivity index (χ1) is 8.79. The van der Waals surface area contributed by atoms with E-state index in [0.717, 1.165) is 6.07 Å². The highest BCUT2D eigenvalue weighted by Crippen LogP contribution is 2.22. The number of aliphatic carboxylic acids is 1. The summed E-state index contributed by atoms with van der Waals surface area (Å²) in [4.78, 5) is 10.3. The maximum atomic E-state index is 13.7. The third-order valence-electron chi connectivity index (χ3n) is 2.38. The predicted molar refractivity (Wildman–Crippen MR) is 70.8 cm³/mol. The van der Waals surface area contributed by atoms with Crippen LogP contribution in [0.5, 0.6) is 0 Å². The van der Waals surface area contributed by atoms with Crippen molar-refractivity contribution in [2.24, 2.45) is 0 Å². The molecule has 0 amide bonds. The topological polar surface area (TPSA) is 83.5 Å². The minimum Gasteiger partial charge on any atom is -0.480 e. The van der Waals surface area contributed by atoms with E-state index in [9.17, 15) is 17.6 Å². The van der Waals surface area contributed by atoms with Gasteiger partial charge in [0.25, 0.3) is 0 Å². The van der Waals surface area contributed by atoms with Crippen LogP contribution in [-0.2, 0) is 14.8 Å². The molecular weight excluding hydrogens is 341 g/mol. The molecule has 0 aromatic heterocycles. The van der Waals surface area contributed by atoms with E-state index in [1.807, 2.05) is 4.72 Å². The molecule has 1 aromatic rings. The zero-order chi connectivity index (χ0) is 14.6. The van der Waals surface area contributed by atoms with Crippen molar-refractivity contribution in [3.63, 3.8) is 0 Å². The van der Waals surface area contributed by atoms with Crippen LogP contribution in [-0.4, -0.2) is 25.5 Å². The number of benzene rings is 1. The lowest BCUT2D eigenvalue weighted by atomic mass is 10.2. The number of carboxylic acids is 1. The van der Waals surface area contributed by atoms with Gasteiger partial charge in [-0.25, -0.2) is 12.8 Å². The van der Waals surface area contributed by atoms with E-state index in [1.54, 1.807) is 6.92 Å². The third kappa shape index (κ3) is 3.99. The van der Waals surface area contributed by atoms with Crippen molar-refractivity contribution in [2.75, 3.05) is 0 Å². The van der Waals surface area contributed by atoms with Crippen molar-refractivity contribution in [3.05, 3.63) is 28.5 Å². The Hall–Kier alpha value is -0.990. The number of hydrogen-bond acceptors (Lipinski definition) is 3. The Morgan fingerprint density at radius 3 is 2.68 bits per heavy atom. The van der Waals surface area contributed by atoms with Crippen molar-refractivity contribution in [2.45, 2.75) is 30.7 Å². The second-order valence-electron chi connectivity index (χ2n) is 3.85. The molecule has 5 nitrogen and oxygen atoms in total. The maximum Gasteiger partial charge on any atom is 0.321 e. The number of halogens is 2. The second kappa shape index (κ2) is 6.44. The van der Waals surface area contributed by atoms with Crippen molar-refractivity contribution in [3.8, 4) is 0 Å². The average Bonchev–Trinajstić information content (AvgIpc) is 2.31. The van der Waals surface area contributed by atoms with Crippen LogP contribution in [0.25, 0.3) is 0 Å². The number of carbonyl (C=O) groups is 1. The first kappa shape index (κ1) is 16.1. The van der Waals surface area contributed by atoms with Gasteiger partial charge >= 0.3 is 5.97 Å². The Morgan fingerprint density at radius 1 is 1.53 bits per heavy atom. The van der Waals surface area contributed by atoms with E-state index < -0.39 is 32.7 Å². The summed E-state index contributed by atoms with van der Waals surface area (Å²) in [5.41, 5.74) is 0. The van der Waals surface area contributed by atoms with E-state index in [2.05, 4.69) is 15.9 Å². The van der Waals surface area contributed by atoms with Gasteiger partial charge in [-0.05, 0) is 34.5 Å². The fraction of sp³-hybridized carbons (Fsp3) is 0.364. The average molecular weight is 354 g/mol. The van der Waals surface area contributed by atoms with E-state index in [0.29, 0.717) is 6.42 Å². The molecule has 0 bridgehead atoms. The van der Waals surface area contributed by atoms with Crippen LogP contribution >= 0.6 is 15.9 Å². The summed E-state index contributed by atoms with van der Waals surface area (Å²) in [5.74, 6) is -2.24. The Kier molecular flexibility index (Phi) is 5.45. The van der Waals surface area contributed by atoms with Gasteiger partial charge in [-0.3, -0.25) is 4.79 Å². The smallest absolute Gasteiger partial charge is 0.321 e. The van der Waals surface area contributed by atoms with Crippen molar-refractivity contribution in [1.29, 1.82) is 0 Å². The lowest BCUT2D eigenvalue weighted by Crippen LogP contribution is -2.40. The molecule has 0 fully saturated rings. The SMILES string of the molecule is CCCC(NS(=O)(=O)c1cccc(Br)c1F)C(=O)O. The molecule has 0 heterocycles. The monoisotopic (exact) mass is 353 g/mol. The highest BCUT2D eigenvalue weighted by atomic mass is 79.9. The highest BCUT2D eigenvalue weighted by molar-refractivity contribution is 9.10. The van der Waals surface area contributed by atoms with Gasteiger partial charge in [-0.2, -0.15) is 4.72 Å². The molecule has 19 heavy (non-hydrogen) atoms. The molecular formula is C11H13BrFNO4S. The molecule has 2 N–H and O–H groups in total. The van der Waals surface area contributed by atoms with Gasteiger partial charge in [0.05, 0.1) is 4.47 Å². The summed E-state index contributed by atoms with van der Waals surface area (Å²) >= 11 is 2.88. The van der Waals surface area contributed by atoms with Crippen LogP contribution < -0.4 is 4.72 Å². The van der Waals surface area contributed by atoms with Crippen LogP contribution in [0.15, 0.2) is 27.6 Å². The van der Waals surface area contributed by atoms with Gasteiger partial charge in [0.2, 0.25) is 10.0 Å². The first-order valence-electron chi connectivity index (χ1n) is 5.48. The molecule has 0 aliphatic heterocycles. The largest absolute Gasteiger partial charge is 0.480 e. The molecule has 0 spiro atoms. The molecule has 106 valence electrons. The Bertz CT molecular complexity index is 576. The number of rotatable bonds is 6. The molecule has 8 heteroatoms. The van der Waals surface area contributed by atoms with Crippen LogP contribution in [0, 0.1) is 5.82 Å². The summed E-state index contributed by atoms with van der Waals surface area (Å²) in [5, 5.41) is 8.91. The fourth-order valence-electron chi connectivity index (χ4n) is 1.46. The standard InChI is InChI=1S/C11H13BrFNO4S/c1-2-4-8(11(15)16)14-19(17,18)9-6-3-5-7(12)10(9)13/h3,5-6,8,14H,2,4H2,1H3,(H,15,16). The first-order valence-corrected chi connectivity index (χ1v) is 7.76. The molecule has 0 aliphatic carbocycles. The summed E-state index contributed by atoms with van der Waals surface area (Å²) in [6, 6.07) is 2.52. The van der Waals surface area contributed by atoms with Gasteiger partial charge < -0.3 is 5.11 Å². The van der Waals surface area contributed by atoms with Crippen molar-refractivity contribution < 1.29 is 22.7 Å². The van der Waals surface area contributed by atoms with Gasteiger partial charge in [0, 0.05) is 0 Å². The molecule has 1 atom stereocenters. The third-order valence-corrected chi connectivity index (χ3v) is 4.48. The molecule has 0 saturated carbocycles. The Balaban J connectivity index is 3.10. The predicted octanol–water partition coefficient (Wildman–Crippen LogP) is 2.12. The molecule has 0 saturated heterocycles. The summed E-state index contributed by atoms with van der Waals surface area (Å²) in [6.45, 7) is 1.73. The van der Waals surface area contributed by atoms with Gasteiger partial charge in [0.15, 0.2) is 5.82 Å². The van der Waals surface area contributed by atoms with Crippen molar-refractivity contribution >= 4 is 31.9 Å². The van der Waals surface area contributed by atoms with Crippen LogP contribution in [0.2, 0.25) is 0 Å². The second-order valence-corrected chi connectivity index (χ2v) is 6.39. The summed E-state index contributed by atoms with van der Waals surface area (Å²) in [7, 11) is -4.22. The van der Waals surface area contributed by atoms with E-state index in [-0.39, 0.29) is 10.9 Å². The van der Waals surface area contributed by atoms with E-state index in [1.165, 1.54) is 12.1 Å². The summed E-state index contributed by atoms with van der Waals surface area (Å²) < 4.78 is 39.6. The lowest BCUT2D eigenvalue weighted by Gasteiger charge is -2.14. The molecule has 1 rings (SSSR count). The highest BCUT2D eigenvalue weighted by Gasteiger charge is 2.27. The molecule has 0 aliphatic rings. The van der Waals surface area contributed by atoms with E-state index in [4.69, 9.17) is 5.11 Å². The fourth-order valence-corrected chi connectivity index (χ4v) is 3.29. The van der Waals surface area contributed by atoms with Gasteiger partial charge in [0.1, 0.15) is 10.9 Å². The Labute approximate surface area is 119 Å². The zero-order valence-corrected chi connectivity index (χ0v) is 12.5. The van der Waals surface area contributed by atoms with E-state index >= 15 is 0 Å². The number of hydrogen-bond donors (Lipinski definition) is 2. The van der Waals surface area contributed by atoms with Crippen LogP contribution in [0.4, 0.5) is 4.39 Å². The van der Waals surface area contributed by atoms with Gasteiger partial charge in [-0.1, -0.05) is 19.4 Å². The minimum absolute atomic E-state index is 0.00209. The molecule has 0 radical (unpaired) electrons. The molecule has 1 unspecified atom stereocenters.